The van der Waals surface area contributed by atoms with Crippen molar-refractivity contribution in [1.82, 2.24) is 0 Å². The fraction of sp³-hybridized carbons (Fsp3) is 0.273. The van der Waals surface area contributed by atoms with E-state index >= 15 is 0 Å². The predicted molar refractivity (Wildman–Crippen MR) is 67.8 cm³/mol. The second kappa shape index (κ2) is 5.92. The summed E-state index contributed by atoms with van der Waals surface area (Å²) in [4.78, 5) is 14.6. The first kappa shape index (κ1) is 15.3. The van der Waals surface area contributed by atoms with Crippen LogP contribution in [0.25, 0.3) is 0 Å². The number of rotatable bonds is 3. The number of hydrogen-bond acceptors (Lipinski definition) is 2. The van der Waals surface area contributed by atoms with Crippen molar-refractivity contribution in [2.45, 2.75) is 13.1 Å². The Labute approximate surface area is 112 Å². The number of carbonyl (C=O) groups excluding carboxylic acids is 1. The summed E-state index contributed by atoms with van der Waals surface area (Å²) >= 11 is 5.40. The molecule has 0 aliphatic rings. The van der Waals surface area contributed by atoms with Gasteiger partial charge < -0.3 is 11.1 Å². The van der Waals surface area contributed by atoms with Gasteiger partial charge >= 0.3 is 6.18 Å². The third kappa shape index (κ3) is 4.44. The van der Waals surface area contributed by atoms with Gasteiger partial charge in [0.1, 0.15) is 5.84 Å². The minimum atomic E-state index is -4.61. The van der Waals surface area contributed by atoms with Gasteiger partial charge in [0.2, 0.25) is 5.91 Å². The van der Waals surface area contributed by atoms with Crippen LogP contribution < -0.4 is 11.1 Å². The molecule has 8 heteroatoms. The van der Waals surface area contributed by atoms with E-state index in [0.29, 0.717) is 0 Å². The number of amides is 1. The van der Waals surface area contributed by atoms with Gasteiger partial charge in [-0.05, 0) is 18.2 Å². The molecule has 1 aromatic carbocycles. The maximum atomic E-state index is 12.8. The van der Waals surface area contributed by atoms with Crippen molar-refractivity contribution in [3.63, 3.8) is 0 Å². The molecule has 3 N–H and O–H groups in total. The Hall–Kier alpha value is -1.76. The lowest BCUT2D eigenvalue weighted by atomic mass is 10.1. The smallest absolute Gasteiger partial charge is 0.386 e. The van der Waals surface area contributed by atoms with E-state index in [0.717, 1.165) is 19.1 Å². The van der Waals surface area contributed by atoms with Crippen molar-refractivity contribution in [2.75, 3.05) is 11.2 Å². The Morgan fingerprint density at radius 2 is 2.11 bits per heavy atom. The van der Waals surface area contributed by atoms with Crippen LogP contribution in [0.2, 0.25) is 0 Å². The van der Waals surface area contributed by atoms with Crippen LogP contribution in [-0.4, -0.2) is 17.6 Å². The molecular weight excluding hydrogens is 283 g/mol. The van der Waals surface area contributed by atoms with Crippen molar-refractivity contribution in [3.8, 4) is 0 Å². The Kier molecular flexibility index (Phi) is 4.77. The van der Waals surface area contributed by atoms with Crippen LogP contribution >= 0.6 is 11.6 Å². The molecule has 0 unspecified atom stereocenters. The van der Waals surface area contributed by atoms with E-state index in [4.69, 9.17) is 17.3 Å². The molecule has 19 heavy (non-hydrogen) atoms. The molecule has 0 saturated heterocycles. The first-order valence-electron chi connectivity index (χ1n) is 5.12. The molecule has 104 valence electrons. The molecule has 1 amide bonds. The number of carbonyl (C=O) groups is 1. The highest BCUT2D eigenvalue weighted by atomic mass is 35.5. The molecule has 0 spiro atoms. The lowest BCUT2D eigenvalue weighted by Gasteiger charge is -2.13. The van der Waals surface area contributed by atoms with Crippen molar-refractivity contribution >= 4 is 34.7 Å². The number of halogens is 4. The number of nitrogens with two attached hydrogens (primary N) is 1. The molecule has 4 nitrogen and oxygen atoms in total. The van der Waals surface area contributed by atoms with Crippen LogP contribution in [0.1, 0.15) is 12.5 Å². The Morgan fingerprint density at radius 1 is 1.47 bits per heavy atom. The van der Waals surface area contributed by atoms with Crippen LogP contribution in [0.3, 0.4) is 0 Å². The van der Waals surface area contributed by atoms with Crippen molar-refractivity contribution in [2.24, 2.45) is 10.7 Å². The number of amidine groups is 1. The van der Waals surface area contributed by atoms with E-state index in [1.165, 1.54) is 6.07 Å². The highest BCUT2D eigenvalue weighted by Gasteiger charge is 2.34. The molecule has 0 bridgehead atoms. The number of anilines is 1. The van der Waals surface area contributed by atoms with Crippen LogP contribution in [0, 0.1) is 0 Å². The van der Waals surface area contributed by atoms with Gasteiger partial charge in [0.25, 0.3) is 0 Å². The van der Waals surface area contributed by atoms with E-state index in [9.17, 15) is 18.0 Å². The maximum Gasteiger partial charge on any atom is 0.418 e. The molecule has 0 fully saturated rings. The number of benzene rings is 1. The molecular formula is C11H11ClF3N3O. The van der Waals surface area contributed by atoms with E-state index < -0.39 is 17.6 Å². The van der Waals surface area contributed by atoms with E-state index in [-0.39, 0.29) is 23.1 Å². The second-order valence-corrected chi connectivity index (χ2v) is 3.91. The summed E-state index contributed by atoms with van der Waals surface area (Å²) in [6.07, 6.45) is -4.61. The average molecular weight is 294 g/mol. The van der Waals surface area contributed by atoms with Gasteiger partial charge in [0.05, 0.1) is 22.8 Å². The monoisotopic (exact) mass is 293 g/mol. The summed E-state index contributed by atoms with van der Waals surface area (Å²) in [7, 11) is 0. The molecule has 0 aliphatic heterocycles. The normalized spacial score (nSPS) is 12.4. The van der Waals surface area contributed by atoms with Crippen LogP contribution in [0.5, 0.6) is 0 Å². The average Bonchev–Trinajstić information content (AvgIpc) is 2.28. The van der Waals surface area contributed by atoms with Crippen molar-refractivity contribution in [1.29, 1.82) is 0 Å². The molecule has 0 aliphatic carbocycles. The van der Waals surface area contributed by atoms with E-state index in [1.807, 2.05) is 0 Å². The highest BCUT2D eigenvalue weighted by Crippen LogP contribution is 2.37. The van der Waals surface area contributed by atoms with E-state index in [2.05, 4.69) is 10.3 Å². The van der Waals surface area contributed by atoms with Gasteiger partial charge in [-0.3, -0.25) is 4.79 Å². The molecule has 0 saturated carbocycles. The largest absolute Gasteiger partial charge is 0.418 e. The quantitative estimate of drug-likeness (QED) is 0.511. The van der Waals surface area contributed by atoms with Crippen molar-refractivity contribution in [3.05, 3.63) is 23.8 Å². The lowest BCUT2D eigenvalue weighted by Crippen LogP contribution is -2.14. The zero-order valence-electron chi connectivity index (χ0n) is 9.88. The summed E-state index contributed by atoms with van der Waals surface area (Å²) < 4.78 is 38.5. The minimum Gasteiger partial charge on any atom is -0.386 e. The van der Waals surface area contributed by atoms with Crippen molar-refractivity contribution < 1.29 is 18.0 Å². The molecule has 1 rings (SSSR count). The molecule has 0 aromatic heterocycles. The van der Waals surface area contributed by atoms with Crippen LogP contribution in [0.15, 0.2) is 23.2 Å². The standard InChI is InChI=1S/C11H11ClF3N3O/c1-6(19)17-9-3-2-7(18-10(16)5-12)4-8(9)11(13,14)15/h2-4H,5H2,1H3,(H2,16,18)(H,17,19). The summed E-state index contributed by atoms with van der Waals surface area (Å²) in [5.74, 6) is -0.682. The molecule has 0 heterocycles. The number of nitrogens with zero attached hydrogens (tertiary/aromatic N) is 1. The van der Waals surface area contributed by atoms with Gasteiger partial charge in [-0.2, -0.15) is 13.2 Å². The number of alkyl halides is 4. The Bertz CT molecular complexity index is 514. The Morgan fingerprint density at radius 3 is 2.58 bits per heavy atom. The summed E-state index contributed by atoms with van der Waals surface area (Å²) in [6.45, 7) is 1.12. The van der Waals surface area contributed by atoms with E-state index in [1.54, 1.807) is 0 Å². The maximum absolute atomic E-state index is 12.8. The topological polar surface area (TPSA) is 67.5 Å². The summed E-state index contributed by atoms with van der Waals surface area (Å²) in [5.41, 5.74) is 4.04. The zero-order valence-corrected chi connectivity index (χ0v) is 10.6. The number of hydrogen-bond donors (Lipinski definition) is 2. The summed E-state index contributed by atoms with van der Waals surface area (Å²) in [6, 6.07) is 3.22. The molecule has 1 aromatic rings. The Balaban J connectivity index is 3.27. The third-order valence-corrected chi connectivity index (χ3v) is 2.30. The first-order valence-corrected chi connectivity index (χ1v) is 5.65. The predicted octanol–water partition coefficient (Wildman–Crippen LogP) is 2.89. The highest BCUT2D eigenvalue weighted by molar-refractivity contribution is 6.28. The van der Waals surface area contributed by atoms with Gasteiger partial charge in [0.15, 0.2) is 0 Å². The zero-order chi connectivity index (χ0) is 14.6. The number of nitrogens with one attached hydrogen (secondary N) is 1. The van der Waals surface area contributed by atoms with Gasteiger partial charge in [-0.1, -0.05) is 0 Å². The van der Waals surface area contributed by atoms with Crippen LogP contribution in [0.4, 0.5) is 24.5 Å². The lowest BCUT2D eigenvalue weighted by molar-refractivity contribution is -0.136. The SMILES string of the molecule is CC(=O)Nc1ccc(N=C(N)CCl)cc1C(F)(F)F. The van der Waals surface area contributed by atoms with Gasteiger partial charge in [-0.15, -0.1) is 11.6 Å². The molecule has 0 radical (unpaired) electrons. The molecule has 0 atom stereocenters. The van der Waals surface area contributed by atoms with Gasteiger partial charge in [-0.25, -0.2) is 4.99 Å². The van der Waals surface area contributed by atoms with Gasteiger partial charge in [0, 0.05) is 6.92 Å². The second-order valence-electron chi connectivity index (χ2n) is 3.65. The fourth-order valence-corrected chi connectivity index (χ4v) is 1.39. The fourth-order valence-electron chi connectivity index (χ4n) is 1.33. The third-order valence-electron chi connectivity index (χ3n) is 2.03. The number of aliphatic imine (C=N–C) groups is 1. The summed E-state index contributed by atoms with van der Waals surface area (Å²) in [5, 5.41) is 2.11. The minimum absolute atomic E-state index is 0.00192. The van der Waals surface area contributed by atoms with Crippen LogP contribution in [-0.2, 0) is 11.0 Å². The first-order chi connectivity index (χ1) is 8.74.